The second kappa shape index (κ2) is 10.3. The van der Waals surface area contributed by atoms with Crippen LogP contribution in [0.1, 0.15) is 43.2 Å². The average Bonchev–Trinajstić information content (AvgIpc) is 3.41. The first-order valence-electron chi connectivity index (χ1n) is 11.6. The zero-order valence-corrected chi connectivity index (χ0v) is 19.4. The van der Waals surface area contributed by atoms with Crippen molar-refractivity contribution >= 4 is 18.0 Å². The first kappa shape index (κ1) is 23.8. The van der Waals surface area contributed by atoms with Crippen LogP contribution in [-0.4, -0.2) is 66.4 Å². The Bertz CT molecular complexity index is 1030. The van der Waals surface area contributed by atoms with Crippen molar-refractivity contribution in [3.05, 3.63) is 59.7 Å². The van der Waals surface area contributed by atoms with E-state index in [4.69, 9.17) is 9.47 Å². The van der Waals surface area contributed by atoms with E-state index in [1.165, 1.54) is 12.0 Å². The lowest BCUT2D eigenvalue weighted by Gasteiger charge is -2.22. The van der Waals surface area contributed by atoms with Crippen LogP contribution in [0.3, 0.4) is 0 Å². The van der Waals surface area contributed by atoms with Crippen LogP contribution in [0.5, 0.6) is 0 Å². The van der Waals surface area contributed by atoms with Gasteiger partial charge < -0.3 is 24.8 Å². The highest BCUT2D eigenvalue weighted by atomic mass is 16.5. The average molecular weight is 467 g/mol. The molecule has 3 atom stereocenters. The zero-order chi connectivity index (χ0) is 24.2. The van der Waals surface area contributed by atoms with Gasteiger partial charge in [-0.25, -0.2) is 9.59 Å². The lowest BCUT2D eigenvalue weighted by Crippen LogP contribution is -2.41. The van der Waals surface area contributed by atoms with Crippen LogP contribution < -0.4 is 5.32 Å². The van der Waals surface area contributed by atoms with Gasteiger partial charge in [0.1, 0.15) is 12.6 Å². The SMILES string of the molecule is COC1CC(C(=O)O)N(C(=O)CCC(C)NC(=O)OCC2c3ccccc3-c3ccccc32)C1. The summed E-state index contributed by atoms with van der Waals surface area (Å²) in [7, 11) is 1.51. The van der Waals surface area contributed by atoms with Gasteiger partial charge in [-0.3, -0.25) is 4.79 Å². The number of nitrogens with zero attached hydrogens (tertiary/aromatic N) is 1. The Labute approximate surface area is 198 Å². The van der Waals surface area contributed by atoms with E-state index in [0.29, 0.717) is 6.42 Å². The Kier molecular flexibility index (Phi) is 7.17. The van der Waals surface area contributed by atoms with Crippen molar-refractivity contribution in [3.8, 4) is 11.1 Å². The summed E-state index contributed by atoms with van der Waals surface area (Å²) in [5.74, 6) is -1.31. The molecule has 0 bridgehead atoms. The van der Waals surface area contributed by atoms with Crippen molar-refractivity contribution in [3.63, 3.8) is 0 Å². The molecule has 34 heavy (non-hydrogen) atoms. The number of nitrogens with one attached hydrogen (secondary N) is 1. The highest BCUT2D eigenvalue weighted by Crippen LogP contribution is 2.44. The zero-order valence-electron chi connectivity index (χ0n) is 19.4. The molecule has 1 saturated heterocycles. The third-order valence-corrected chi connectivity index (χ3v) is 6.70. The third kappa shape index (κ3) is 4.92. The molecule has 0 saturated carbocycles. The minimum Gasteiger partial charge on any atom is -0.480 e. The fourth-order valence-corrected chi connectivity index (χ4v) is 4.87. The van der Waals surface area contributed by atoms with Gasteiger partial charge in [-0.05, 0) is 35.6 Å². The fraction of sp³-hybridized carbons (Fsp3) is 0.423. The van der Waals surface area contributed by atoms with Crippen LogP contribution in [-0.2, 0) is 19.1 Å². The number of alkyl carbamates (subject to hydrolysis) is 1. The van der Waals surface area contributed by atoms with Crippen molar-refractivity contribution in [1.29, 1.82) is 0 Å². The van der Waals surface area contributed by atoms with Gasteiger partial charge in [-0.15, -0.1) is 0 Å². The fourth-order valence-electron chi connectivity index (χ4n) is 4.87. The van der Waals surface area contributed by atoms with Crippen LogP contribution in [0.15, 0.2) is 48.5 Å². The van der Waals surface area contributed by atoms with E-state index < -0.39 is 18.1 Å². The molecule has 2 aliphatic rings. The van der Waals surface area contributed by atoms with Gasteiger partial charge in [0.25, 0.3) is 0 Å². The summed E-state index contributed by atoms with van der Waals surface area (Å²) in [5, 5.41) is 12.2. The summed E-state index contributed by atoms with van der Waals surface area (Å²) in [6, 6.07) is 15.1. The number of carbonyl (C=O) groups excluding carboxylic acids is 2. The third-order valence-electron chi connectivity index (χ3n) is 6.70. The summed E-state index contributed by atoms with van der Waals surface area (Å²) in [5.41, 5.74) is 4.61. The van der Waals surface area contributed by atoms with E-state index in [0.717, 1.165) is 22.3 Å². The lowest BCUT2D eigenvalue weighted by molar-refractivity contribution is -0.148. The molecule has 180 valence electrons. The van der Waals surface area contributed by atoms with Crippen molar-refractivity contribution < 1.29 is 29.0 Å². The number of fused-ring (bicyclic) bond motifs is 3. The Hall–Kier alpha value is -3.39. The van der Waals surface area contributed by atoms with E-state index in [9.17, 15) is 19.5 Å². The van der Waals surface area contributed by atoms with Crippen LogP contribution in [0, 0.1) is 0 Å². The molecular formula is C26H30N2O6. The van der Waals surface area contributed by atoms with Gasteiger partial charge in [-0.1, -0.05) is 48.5 Å². The Balaban J connectivity index is 1.27. The Morgan fingerprint density at radius 2 is 1.71 bits per heavy atom. The Morgan fingerprint density at radius 1 is 1.09 bits per heavy atom. The summed E-state index contributed by atoms with van der Waals surface area (Å²) in [6.07, 6.45) is -0.0214. The molecule has 1 fully saturated rings. The number of hydrogen-bond donors (Lipinski definition) is 2. The minimum atomic E-state index is -1.03. The second-order valence-corrected chi connectivity index (χ2v) is 8.90. The van der Waals surface area contributed by atoms with E-state index in [2.05, 4.69) is 29.6 Å². The molecule has 0 radical (unpaired) electrons. The minimum absolute atomic E-state index is 0.0214. The molecule has 0 aromatic heterocycles. The van der Waals surface area contributed by atoms with Crippen LogP contribution >= 0.6 is 0 Å². The van der Waals surface area contributed by atoms with Crippen LogP contribution in [0.25, 0.3) is 11.1 Å². The molecule has 0 spiro atoms. The number of hydrogen-bond acceptors (Lipinski definition) is 5. The number of aliphatic carboxylic acids is 1. The van der Waals surface area contributed by atoms with Gasteiger partial charge in [0.15, 0.2) is 0 Å². The van der Waals surface area contributed by atoms with E-state index in [1.54, 1.807) is 6.92 Å². The summed E-state index contributed by atoms with van der Waals surface area (Å²) >= 11 is 0. The molecule has 4 rings (SSSR count). The maximum Gasteiger partial charge on any atom is 0.407 e. The molecule has 2 aromatic rings. The molecule has 2 aromatic carbocycles. The lowest BCUT2D eigenvalue weighted by atomic mass is 9.98. The molecule has 1 aliphatic heterocycles. The van der Waals surface area contributed by atoms with Crippen molar-refractivity contribution in [2.45, 2.75) is 50.3 Å². The first-order chi connectivity index (χ1) is 16.4. The maximum absolute atomic E-state index is 12.6. The summed E-state index contributed by atoms with van der Waals surface area (Å²) < 4.78 is 10.8. The van der Waals surface area contributed by atoms with Gasteiger partial charge in [0, 0.05) is 38.5 Å². The van der Waals surface area contributed by atoms with Crippen LogP contribution in [0.2, 0.25) is 0 Å². The van der Waals surface area contributed by atoms with E-state index in [1.807, 2.05) is 24.3 Å². The number of carboxylic acid groups (broad SMARTS) is 1. The predicted octanol–water partition coefficient (Wildman–Crippen LogP) is 3.39. The largest absolute Gasteiger partial charge is 0.480 e. The highest BCUT2D eigenvalue weighted by molar-refractivity contribution is 5.84. The van der Waals surface area contributed by atoms with Gasteiger partial charge in [-0.2, -0.15) is 0 Å². The van der Waals surface area contributed by atoms with Crippen molar-refractivity contribution in [1.82, 2.24) is 10.2 Å². The number of ether oxygens (including phenoxy) is 2. The van der Waals surface area contributed by atoms with Crippen molar-refractivity contribution in [2.75, 3.05) is 20.3 Å². The number of methoxy groups -OCH3 is 1. The second-order valence-electron chi connectivity index (χ2n) is 8.90. The van der Waals surface area contributed by atoms with E-state index in [-0.39, 0.29) is 50.0 Å². The molecule has 8 nitrogen and oxygen atoms in total. The molecular weight excluding hydrogens is 436 g/mol. The molecule has 1 aliphatic carbocycles. The number of likely N-dealkylation sites (tertiary alicyclic amines) is 1. The van der Waals surface area contributed by atoms with E-state index >= 15 is 0 Å². The predicted molar refractivity (Wildman–Crippen MR) is 125 cm³/mol. The number of rotatable bonds is 8. The first-order valence-corrected chi connectivity index (χ1v) is 11.6. The molecule has 2 N–H and O–H groups in total. The Morgan fingerprint density at radius 3 is 2.29 bits per heavy atom. The highest BCUT2D eigenvalue weighted by Gasteiger charge is 2.39. The smallest absolute Gasteiger partial charge is 0.407 e. The number of amides is 2. The normalized spacial score (nSPS) is 19.9. The van der Waals surface area contributed by atoms with Gasteiger partial charge in [0.2, 0.25) is 5.91 Å². The maximum atomic E-state index is 12.6. The van der Waals surface area contributed by atoms with Crippen molar-refractivity contribution in [2.24, 2.45) is 0 Å². The number of carboxylic acids is 1. The molecule has 2 amide bonds. The molecule has 1 heterocycles. The quantitative estimate of drug-likeness (QED) is 0.618. The molecule has 3 unspecified atom stereocenters. The van der Waals surface area contributed by atoms with Crippen LogP contribution in [0.4, 0.5) is 4.79 Å². The standard InChI is InChI=1S/C26H30N2O6/c1-16(11-12-24(29)28-14-17(33-2)13-23(28)25(30)31)27-26(32)34-15-22-20-9-5-3-7-18(20)19-8-4-6-10-21(19)22/h3-10,16-17,22-23H,11-15H2,1-2H3,(H,27,32)(H,30,31). The topological polar surface area (TPSA) is 105 Å². The number of carbonyl (C=O) groups is 3. The monoisotopic (exact) mass is 466 g/mol. The summed E-state index contributed by atoms with van der Waals surface area (Å²) in [4.78, 5) is 37.9. The molecule has 8 heteroatoms. The number of benzene rings is 2. The van der Waals surface area contributed by atoms with Gasteiger partial charge >= 0.3 is 12.1 Å². The summed E-state index contributed by atoms with van der Waals surface area (Å²) in [6.45, 7) is 2.28. The van der Waals surface area contributed by atoms with Gasteiger partial charge in [0.05, 0.1) is 6.10 Å².